The van der Waals surface area contributed by atoms with Crippen LogP contribution >= 0.6 is 11.6 Å². The maximum atomic E-state index is 13.5. The molecule has 1 aliphatic heterocycles. The highest BCUT2D eigenvalue weighted by molar-refractivity contribution is 6.30. The van der Waals surface area contributed by atoms with Crippen molar-refractivity contribution in [2.45, 2.75) is 34.1 Å². The molecule has 1 saturated heterocycles. The minimum atomic E-state index is -0.00509. The Kier molecular flexibility index (Phi) is 6.24. The first kappa shape index (κ1) is 23.4. The molecule has 35 heavy (non-hydrogen) atoms. The van der Waals surface area contributed by atoms with E-state index in [-0.39, 0.29) is 5.91 Å². The average molecular weight is 488 g/mol. The molecule has 0 atom stereocenters. The van der Waals surface area contributed by atoms with Gasteiger partial charge in [0.05, 0.1) is 6.20 Å². The second-order valence-electron chi connectivity index (χ2n) is 9.36. The number of anilines is 1. The fraction of sp³-hybridized carbons (Fsp3) is 0.321. The van der Waals surface area contributed by atoms with E-state index in [2.05, 4.69) is 48.1 Å². The summed E-state index contributed by atoms with van der Waals surface area (Å²) in [6, 6.07) is 14.3. The van der Waals surface area contributed by atoms with Gasteiger partial charge in [0, 0.05) is 54.7 Å². The monoisotopic (exact) mass is 487 g/mol. The fourth-order valence-electron chi connectivity index (χ4n) is 4.97. The van der Waals surface area contributed by atoms with Gasteiger partial charge in [-0.1, -0.05) is 35.9 Å². The Hall–Kier alpha value is -3.38. The second-order valence-corrected chi connectivity index (χ2v) is 9.80. The summed E-state index contributed by atoms with van der Waals surface area (Å²) in [5.41, 5.74) is 9.16. The van der Waals surface area contributed by atoms with Crippen LogP contribution in [0.15, 0.2) is 48.7 Å². The number of amides is 1. The molecular weight excluding hydrogens is 458 g/mol. The van der Waals surface area contributed by atoms with E-state index in [0.29, 0.717) is 30.7 Å². The number of carbonyl (C=O) groups excluding carboxylic acids is 1. The smallest absolute Gasteiger partial charge is 0.259 e. The molecule has 0 unspecified atom stereocenters. The maximum absolute atomic E-state index is 13.5. The highest BCUT2D eigenvalue weighted by Gasteiger charge is 2.26. The van der Waals surface area contributed by atoms with Crippen LogP contribution in [-0.2, 0) is 6.42 Å². The van der Waals surface area contributed by atoms with Gasteiger partial charge in [-0.05, 0) is 68.1 Å². The summed E-state index contributed by atoms with van der Waals surface area (Å²) in [6.45, 7) is 11.3. The van der Waals surface area contributed by atoms with Crippen LogP contribution in [-0.4, -0.2) is 51.6 Å². The molecule has 5 rings (SSSR count). The number of hydrogen-bond donors (Lipinski definition) is 0. The van der Waals surface area contributed by atoms with Crippen LogP contribution in [0.2, 0.25) is 5.02 Å². The zero-order valence-corrected chi connectivity index (χ0v) is 21.4. The standard InChI is InChI=1S/C28H30ClN5O/c1-18-7-5-10-26(19(18)2)32-11-13-33(14-12-32)28(35)25-17-30-34-21(4)24(20(3)31-27(25)34)16-22-8-6-9-23(29)15-22/h5-10,15,17H,11-14,16H2,1-4H3. The Morgan fingerprint density at radius 3 is 2.49 bits per heavy atom. The molecule has 0 aliphatic carbocycles. The normalized spacial score (nSPS) is 14.1. The Labute approximate surface area is 211 Å². The Morgan fingerprint density at radius 2 is 1.74 bits per heavy atom. The Bertz CT molecular complexity index is 1420. The van der Waals surface area contributed by atoms with Gasteiger partial charge >= 0.3 is 0 Å². The molecule has 3 heterocycles. The zero-order chi connectivity index (χ0) is 24.7. The molecule has 7 heteroatoms. The van der Waals surface area contributed by atoms with Crippen molar-refractivity contribution in [2.24, 2.45) is 0 Å². The first-order valence-corrected chi connectivity index (χ1v) is 12.4. The van der Waals surface area contributed by atoms with Gasteiger partial charge in [0.15, 0.2) is 5.65 Å². The number of benzene rings is 2. The lowest BCUT2D eigenvalue weighted by atomic mass is 10.0. The van der Waals surface area contributed by atoms with E-state index in [1.165, 1.54) is 16.8 Å². The predicted octanol–water partition coefficient (Wildman–Crippen LogP) is 5.17. The molecule has 1 fully saturated rings. The van der Waals surface area contributed by atoms with Gasteiger partial charge in [0.2, 0.25) is 0 Å². The van der Waals surface area contributed by atoms with E-state index in [9.17, 15) is 4.79 Å². The van der Waals surface area contributed by atoms with Gasteiger partial charge in [-0.2, -0.15) is 5.10 Å². The van der Waals surface area contributed by atoms with Crippen LogP contribution in [0.1, 0.15) is 44.0 Å². The van der Waals surface area contributed by atoms with Crippen molar-refractivity contribution in [1.82, 2.24) is 19.5 Å². The summed E-state index contributed by atoms with van der Waals surface area (Å²) in [4.78, 5) is 22.6. The quantitative estimate of drug-likeness (QED) is 0.398. The minimum Gasteiger partial charge on any atom is -0.368 e. The van der Waals surface area contributed by atoms with Crippen molar-refractivity contribution < 1.29 is 4.79 Å². The molecule has 6 nitrogen and oxygen atoms in total. The van der Waals surface area contributed by atoms with Crippen LogP contribution < -0.4 is 4.90 Å². The summed E-state index contributed by atoms with van der Waals surface area (Å²) in [5, 5.41) is 5.27. The maximum Gasteiger partial charge on any atom is 0.259 e. The number of carbonyl (C=O) groups is 1. The molecule has 2 aromatic heterocycles. The van der Waals surface area contributed by atoms with E-state index in [1.807, 2.05) is 36.9 Å². The minimum absolute atomic E-state index is 0.00509. The van der Waals surface area contributed by atoms with Gasteiger partial charge < -0.3 is 9.80 Å². The van der Waals surface area contributed by atoms with Crippen molar-refractivity contribution in [3.8, 4) is 0 Å². The molecule has 0 N–H and O–H groups in total. The molecule has 2 aromatic carbocycles. The summed E-state index contributed by atoms with van der Waals surface area (Å²) in [6.07, 6.45) is 2.38. The summed E-state index contributed by atoms with van der Waals surface area (Å²) in [5.74, 6) is -0.00509. The molecular formula is C28H30ClN5O. The Morgan fingerprint density at radius 1 is 1.00 bits per heavy atom. The molecule has 4 aromatic rings. The average Bonchev–Trinajstić information content (AvgIpc) is 3.27. The van der Waals surface area contributed by atoms with E-state index in [0.717, 1.165) is 40.6 Å². The van der Waals surface area contributed by atoms with Gasteiger partial charge in [0.1, 0.15) is 5.56 Å². The van der Waals surface area contributed by atoms with E-state index >= 15 is 0 Å². The second kappa shape index (κ2) is 9.34. The number of aryl methyl sites for hydroxylation is 3. The summed E-state index contributed by atoms with van der Waals surface area (Å²) in [7, 11) is 0. The number of aromatic nitrogens is 3. The molecule has 0 saturated carbocycles. The molecule has 180 valence electrons. The number of halogens is 1. The molecule has 1 amide bonds. The van der Waals surface area contributed by atoms with Crippen LogP contribution in [0.25, 0.3) is 5.65 Å². The predicted molar refractivity (Wildman–Crippen MR) is 141 cm³/mol. The highest BCUT2D eigenvalue weighted by Crippen LogP contribution is 2.26. The molecule has 0 spiro atoms. The number of hydrogen-bond acceptors (Lipinski definition) is 4. The number of rotatable bonds is 4. The van der Waals surface area contributed by atoms with E-state index in [4.69, 9.17) is 16.6 Å². The van der Waals surface area contributed by atoms with Crippen molar-refractivity contribution >= 4 is 28.8 Å². The highest BCUT2D eigenvalue weighted by atomic mass is 35.5. The number of nitrogens with zero attached hydrogens (tertiary/aromatic N) is 5. The lowest BCUT2D eigenvalue weighted by Crippen LogP contribution is -2.49. The van der Waals surface area contributed by atoms with Crippen molar-refractivity contribution in [2.75, 3.05) is 31.1 Å². The van der Waals surface area contributed by atoms with Crippen LogP contribution in [0.5, 0.6) is 0 Å². The molecule has 1 aliphatic rings. The van der Waals surface area contributed by atoms with E-state index < -0.39 is 0 Å². The van der Waals surface area contributed by atoms with Crippen LogP contribution in [0.4, 0.5) is 5.69 Å². The third kappa shape index (κ3) is 4.39. The third-order valence-corrected chi connectivity index (χ3v) is 7.43. The fourth-order valence-corrected chi connectivity index (χ4v) is 5.18. The molecule has 0 radical (unpaired) electrons. The SMILES string of the molecule is Cc1cccc(N2CCN(C(=O)c3cnn4c(C)c(Cc5cccc(Cl)c5)c(C)nc34)CC2)c1C. The zero-order valence-electron chi connectivity index (χ0n) is 20.7. The van der Waals surface area contributed by atoms with Crippen LogP contribution in [0.3, 0.4) is 0 Å². The summed E-state index contributed by atoms with van der Waals surface area (Å²) >= 11 is 6.18. The lowest BCUT2D eigenvalue weighted by Gasteiger charge is -2.37. The first-order valence-electron chi connectivity index (χ1n) is 12.0. The van der Waals surface area contributed by atoms with Gasteiger partial charge in [0.25, 0.3) is 5.91 Å². The third-order valence-electron chi connectivity index (χ3n) is 7.19. The topological polar surface area (TPSA) is 53.7 Å². The van der Waals surface area contributed by atoms with Crippen molar-refractivity contribution in [3.05, 3.63) is 92.9 Å². The van der Waals surface area contributed by atoms with Crippen LogP contribution in [0, 0.1) is 27.7 Å². The van der Waals surface area contributed by atoms with E-state index in [1.54, 1.807) is 10.7 Å². The van der Waals surface area contributed by atoms with Gasteiger partial charge in [-0.3, -0.25) is 4.79 Å². The molecule has 0 bridgehead atoms. The first-order chi connectivity index (χ1) is 16.8. The largest absolute Gasteiger partial charge is 0.368 e. The summed E-state index contributed by atoms with van der Waals surface area (Å²) < 4.78 is 1.80. The Balaban J connectivity index is 1.37. The van der Waals surface area contributed by atoms with Gasteiger partial charge in [-0.15, -0.1) is 0 Å². The van der Waals surface area contributed by atoms with Crippen molar-refractivity contribution in [1.29, 1.82) is 0 Å². The lowest BCUT2D eigenvalue weighted by molar-refractivity contribution is 0.0748. The number of piperazine rings is 1. The van der Waals surface area contributed by atoms with Crippen molar-refractivity contribution in [3.63, 3.8) is 0 Å². The number of fused-ring (bicyclic) bond motifs is 1. The van der Waals surface area contributed by atoms with Gasteiger partial charge in [-0.25, -0.2) is 9.50 Å².